The summed E-state index contributed by atoms with van der Waals surface area (Å²) in [5.74, 6) is -0.850. The molecule has 0 aliphatic carbocycles. The molecular weight excluding hydrogens is 276 g/mol. The molecule has 0 aliphatic heterocycles. The molecule has 3 N–H and O–H groups in total. The number of sulfone groups is 1. The second-order valence-electron chi connectivity index (χ2n) is 4.67. The van der Waals surface area contributed by atoms with Crippen LogP contribution >= 0.6 is 0 Å². The maximum atomic E-state index is 11.8. The molecule has 0 saturated heterocycles. The van der Waals surface area contributed by atoms with Gasteiger partial charge in [0.1, 0.15) is 5.75 Å². The molecule has 0 bridgehead atoms. The van der Waals surface area contributed by atoms with Crippen molar-refractivity contribution in [2.45, 2.75) is 19.3 Å². The highest BCUT2D eigenvalue weighted by molar-refractivity contribution is 7.92. The molecule has 0 unspecified atom stereocenters. The van der Waals surface area contributed by atoms with Crippen LogP contribution in [-0.4, -0.2) is 38.9 Å². The van der Waals surface area contributed by atoms with Crippen molar-refractivity contribution in [2.24, 2.45) is 5.73 Å². The normalized spacial score (nSPS) is 11.2. The van der Waals surface area contributed by atoms with Gasteiger partial charge in [0.15, 0.2) is 9.84 Å². The lowest BCUT2D eigenvalue weighted by molar-refractivity contribution is -0.118. The van der Waals surface area contributed by atoms with Gasteiger partial charge in [-0.3, -0.25) is 4.79 Å². The van der Waals surface area contributed by atoms with E-state index in [1.165, 1.54) is 0 Å². The monoisotopic (exact) mass is 298 g/mol. The molecule has 0 aliphatic rings. The van der Waals surface area contributed by atoms with Gasteiger partial charge in [0.05, 0.1) is 5.75 Å². The molecule has 1 amide bonds. The first-order valence-corrected chi connectivity index (χ1v) is 8.57. The van der Waals surface area contributed by atoms with Gasteiger partial charge in [-0.15, -0.1) is 0 Å². The zero-order valence-corrected chi connectivity index (χ0v) is 12.4. The summed E-state index contributed by atoms with van der Waals surface area (Å²) < 4.78 is 23.6. The van der Waals surface area contributed by atoms with Gasteiger partial charge in [0.25, 0.3) is 0 Å². The van der Waals surface area contributed by atoms with E-state index in [1.54, 1.807) is 0 Å². The molecule has 0 spiro atoms. The molecule has 0 heterocycles. The number of nitrogens with two attached hydrogens (primary N) is 1. The van der Waals surface area contributed by atoms with E-state index in [0.29, 0.717) is 32.4 Å². The molecule has 5 nitrogen and oxygen atoms in total. The lowest BCUT2D eigenvalue weighted by Gasteiger charge is -2.06. The zero-order chi connectivity index (χ0) is 14.8. The smallest absolute Gasteiger partial charge is 0.235 e. The van der Waals surface area contributed by atoms with Crippen LogP contribution in [0.25, 0.3) is 0 Å². The van der Waals surface area contributed by atoms with Crippen LogP contribution < -0.4 is 11.1 Å². The van der Waals surface area contributed by atoms with Crippen LogP contribution in [0.3, 0.4) is 0 Å². The first kappa shape index (κ1) is 16.7. The number of carbonyl (C=O) groups excluding carboxylic acids is 1. The number of rotatable bonds is 9. The van der Waals surface area contributed by atoms with Crippen molar-refractivity contribution in [3.8, 4) is 0 Å². The summed E-state index contributed by atoms with van der Waals surface area (Å²) >= 11 is 0. The van der Waals surface area contributed by atoms with Crippen LogP contribution in [0.2, 0.25) is 0 Å². The second kappa shape index (κ2) is 8.71. The van der Waals surface area contributed by atoms with Gasteiger partial charge in [-0.2, -0.15) is 0 Å². The van der Waals surface area contributed by atoms with Crippen LogP contribution in [0, 0.1) is 0 Å². The van der Waals surface area contributed by atoms with Crippen molar-refractivity contribution >= 4 is 15.7 Å². The molecule has 112 valence electrons. The number of amides is 1. The Morgan fingerprint density at radius 3 is 2.50 bits per heavy atom. The Hall–Kier alpha value is -1.40. The maximum absolute atomic E-state index is 11.8. The van der Waals surface area contributed by atoms with E-state index in [9.17, 15) is 13.2 Å². The number of carbonyl (C=O) groups is 1. The zero-order valence-electron chi connectivity index (χ0n) is 11.5. The van der Waals surface area contributed by atoms with E-state index in [0.717, 1.165) is 5.56 Å². The third-order valence-corrected chi connectivity index (χ3v) is 4.43. The number of nitrogens with one attached hydrogen (secondary N) is 1. The fourth-order valence-electron chi connectivity index (χ4n) is 1.79. The number of hydrogen-bond acceptors (Lipinski definition) is 4. The van der Waals surface area contributed by atoms with E-state index in [2.05, 4.69) is 5.32 Å². The van der Waals surface area contributed by atoms with Gasteiger partial charge in [0, 0.05) is 6.54 Å². The third-order valence-electron chi connectivity index (χ3n) is 2.82. The van der Waals surface area contributed by atoms with Crippen molar-refractivity contribution in [2.75, 3.05) is 24.6 Å². The average molecular weight is 298 g/mol. The highest BCUT2D eigenvalue weighted by atomic mass is 32.2. The Morgan fingerprint density at radius 1 is 1.15 bits per heavy atom. The van der Waals surface area contributed by atoms with Crippen LogP contribution in [0.5, 0.6) is 0 Å². The van der Waals surface area contributed by atoms with Gasteiger partial charge in [-0.1, -0.05) is 30.3 Å². The van der Waals surface area contributed by atoms with Crippen molar-refractivity contribution in [3.63, 3.8) is 0 Å². The summed E-state index contributed by atoms with van der Waals surface area (Å²) in [6.45, 7) is 0.902. The number of hydrogen-bond donors (Lipinski definition) is 2. The highest BCUT2D eigenvalue weighted by Crippen LogP contribution is 2.04. The summed E-state index contributed by atoms with van der Waals surface area (Å²) in [6.07, 6.45) is 1.89. The largest absolute Gasteiger partial charge is 0.355 e. The van der Waals surface area contributed by atoms with E-state index >= 15 is 0 Å². The Kier molecular flexibility index (Phi) is 7.25. The molecule has 0 radical (unpaired) electrons. The topological polar surface area (TPSA) is 89.3 Å². The summed E-state index contributed by atoms with van der Waals surface area (Å²) in [5, 5.41) is 2.55. The lowest BCUT2D eigenvalue weighted by atomic mass is 10.1. The Balaban J connectivity index is 2.29. The minimum atomic E-state index is -3.33. The minimum absolute atomic E-state index is 0.0339. The first-order chi connectivity index (χ1) is 9.53. The van der Waals surface area contributed by atoms with Crippen molar-refractivity contribution in [3.05, 3.63) is 35.9 Å². The molecule has 0 fully saturated rings. The van der Waals surface area contributed by atoms with Gasteiger partial charge >= 0.3 is 0 Å². The molecular formula is C14H22N2O3S. The van der Waals surface area contributed by atoms with E-state index in [4.69, 9.17) is 5.73 Å². The molecule has 1 aromatic rings. The van der Waals surface area contributed by atoms with Crippen LogP contribution in [0.1, 0.15) is 18.4 Å². The number of benzene rings is 1. The van der Waals surface area contributed by atoms with Gasteiger partial charge in [-0.25, -0.2) is 8.42 Å². The van der Waals surface area contributed by atoms with Crippen LogP contribution in [0.4, 0.5) is 0 Å². The Bertz CT molecular complexity index is 500. The van der Waals surface area contributed by atoms with Gasteiger partial charge < -0.3 is 11.1 Å². The fourth-order valence-corrected chi connectivity index (χ4v) is 3.02. The van der Waals surface area contributed by atoms with Gasteiger partial charge in [0.2, 0.25) is 5.91 Å². The summed E-state index contributed by atoms with van der Waals surface area (Å²) in [6, 6.07) is 9.70. The molecule has 6 heteroatoms. The molecule has 0 saturated carbocycles. The third kappa shape index (κ3) is 7.25. The molecule has 0 atom stereocenters. The van der Waals surface area contributed by atoms with E-state index < -0.39 is 21.5 Å². The SMILES string of the molecule is NCCCNC(=O)CS(=O)(=O)CCCc1ccccc1. The summed E-state index contributed by atoms with van der Waals surface area (Å²) in [4.78, 5) is 11.4. The van der Waals surface area contributed by atoms with Crippen LogP contribution in [0.15, 0.2) is 30.3 Å². The van der Waals surface area contributed by atoms with Gasteiger partial charge in [-0.05, 0) is 31.4 Å². The quantitative estimate of drug-likeness (QED) is 0.650. The van der Waals surface area contributed by atoms with Crippen LogP contribution in [-0.2, 0) is 21.1 Å². The molecule has 0 aromatic heterocycles. The predicted octanol–water partition coefficient (Wildman–Crippen LogP) is 0.499. The standard InChI is InChI=1S/C14H22N2O3S/c15-9-5-10-16-14(17)12-20(18,19)11-4-8-13-6-2-1-3-7-13/h1-3,6-7H,4-5,8-12,15H2,(H,16,17). The summed E-state index contributed by atoms with van der Waals surface area (Å²) in [5.41, 5.74) is 6.40. The molecule has 1 rings (SSSR count). The lowest BCUT2D eigenvalue weighted by Crippen LogP contribution is -2.32. The molecule has 20 heavy (non-hydrogen) atoms. The fraction of sp³-hybridized carbons (Fsp3) is 0.500. The first-order valence-electron chi connectivity index (χ1n) is 6.74. The van der Waals surface area contributed by atoms with Crippen molar-refractivity contribution in [1.29, 1.82) is 0 Å². The summed E-state index contributed by atoms with van der Waals surface area (Å²) in [7, 11) is -3.33. The minimum Gasteiger partial charge on any atom is -0.355 e. The van der Waals surface area contributed by atoms with E-state index in [1.807, 2.05) is 30.3 Å². The second-order valence-corrected chi connectivity index (χ2v) is 6.86. The predicted molar refractivity (Wildman–Crippen MR) is 80.1 cm³/mol. The Labute approximate surface area is 120 Å². The molecule has 1 aromatic carbocycles. The van der Waals surface area contributed by atoms with Crippen molar-refractivity contribution < 1.29 is 13.2 Å². The van der Waals surface area contributed by atoms with E-state index in [-0.39, 0.29) is 5.75 Å². The number of aryl methyl sites for hydroxylation is 1. The Morgan fingerprint density at radius 2 is 1.85 bits per heavy atom. The average Bonchev–Trinajstić information content (AvgIpc) is 2.39. The maximum Gasteiger partial charge on any atom is 0.235 e. The van der Waals surface area contributed by atoms with Crippen molar-refractivity contribution in [1.82, 2.24) is 5.32 Å². The highest BCUT2D eigenvalue weighted by Gasteiger charge is 2.15.